The van der Waals surface area contributed by atoms with Crippen LogP contribution in [0, 0.1) is 12.7 Å². The third-order valence-electron chi connectivity index (χ3n) is 2.94. The number of aryl methyl sites for hydroxylation is 1. The maximum absolute atomic E-state index is 14.1. The number of methoxy groups -OCH3 is 1. The molecule has 0 bridgehead atoms. The minimum atomic E-state index is -0.243. The van der Waals surface area contributed by atoms with E-state index in [1.54, 1.807) is 30.1 Å². The van der Waals surface area contributed by atoms with Crippen LogP contribution in [0.25, 0.3) is 5.69 Å². The topological polar surface area (TPSA) is 39.1 Å². The minimum Gasteiger partial charge on any atom is -0.383 e. The van der Waals surface area contributed by atoms with Crippen molar-refractivity contribution in [3.63, 3.8) is 0 Å². The summed E-state index contributed by atoms with van der Waals surface area (Å²) in [6, 6.07) is 5.10. The van der Waals surface area contributed by atoms with Gasteiger partial charge in [-0.1, -0.05) is 12.1 Å². The Morgan fingerprint density at radius 3 is 2.95 bits per heavy atom. The molecule has 1 N–H and O–H groups in total. The fraction of sp³-hybridized carbons (Fsp3) is 0.357. The number of halogens is 1. The number of benzene rings is 1. The molecule has 0 atom stereocenters. The Morgan fingerprint density at radius 1 is 1.42 bits per heavy atom. The molecule has 4 nitrogen and oxygen atoms in total. The zero-order chi connectivity index (χ0) is 13.7. The van der Waals surface area contributed by atoms with Gasteiger partial charge < -0.3 is 14.6 Å². The van der Waals surface area contributed by atoms with Crippen molar-refractivity contribution in [3.05, 3.63) is 47.8 Å². The summed E-state index contributed by atoms with van der Waals surface area (Å²) in [7, 11) is 1.66. The molecule has 102 valence electrons. The molecule has 1 aromatic heterocycles. The van der Waals surface area contributed by atoms with Gasteiger partial charge in [0.15, 0.2) is 0 Å². The average molecular weight is 263 g/mol. The molecule has 0 saturated carbocycles. The van der Waals surface area contributed by atoms with Crippen molar-refractivity contribution in [2.75, 3.05) is 20.3 Å². The summed E-state index contributed by atoms with van der Waals surface area (Å²) >= 11 is 0. The lowest BCUT2D eigenvalue weighted by molar-refractivity contribution is 0.199. The molecule has 0 amide bonds. The number of para-hydroxylation sites is 1. The lowest BCUT2D eigenvalue weighted by Gasteiger charge is -2.13. The number of hydrogen-bond acceptors (Lipinski definition) is 3. The molecule has 5 heteroatoms. The smallest absolute Gasteiger partial charge is 0.147 e. The Labute approximate surface area is 112 Å². The van der Waals surface area contributed by atoms with E-state index in [-0.39, 0.29) is 5.82 Å². The summed E-state index contributed by atoms with van der Waals surface area (Å²) in [4.78, 5) is 4.14. The van der Waals surface area contributed by atoms with Gasteiger partial charge in [-0.3, -0.25) is 0 Å². The zero-order valence-corrected chi connectivity index (χ0v) is 11.2. The second kappa shape index (κ2) is 6.45. The van der Waals surface area contributed by atoms with Crippen molar-refractivity contribution >= 4 is 0 Å². The number of rotatable bonds is 6. The molecule has 0 radical (unpaired) electrons. The van der Waals surface area contributed by atoms with Gasteiger partial charge in [0.1, 0.15) is 11.6 Å². The molecular formula is C14H18FN3O. The lowest BCUT2D eigenvalue weighted by atomic mass is 10.1. The highest BCUT2D eigenvalue weighted by Gasteiger charge is 2.11. The highest BCUT2D eigenvalue weighted by Crippen LogP contribution is 2.20. The number of hydrogen-bond donors (Lipinski definition) is 1. The third kappa shape index (κ3) is 3.19. The monoisotopic (exact) mass is 263 g/mol. The summed E-state index contributed by atoms with van der Waals surface area (Å²) < 4.78 is 20.8. The first-order chi connectivity index (χ1) is 9.24. The van der Waals surface area contributed by atoms with Crippen molar-refractivity contribution in [1.29, 1.82) is 0 Å². The van der Waals surface area contributed by atoms with Gasteiger partial charge in [0.05, 0.1) is 12.3 Å². The van der Waals surface area contributed by atoms with Gasteiger partial charge in [0.25, 0.3) is 0 Å². The van der Waals surface area contributed by atoms with Crippen molar-refractivity contribution in [1.82, 2.24) is 14.9 Å². The van der Waals surface area contributed by atoms with Crippen LogP contribution >= 0.6 is 0 Å². The Kier molecular flexibility index (Phi) is 4.65. The molecule has 0 saturated heterocycles. The van der Waals surface area contributed by atoms with Gasteiger partial charge in [-0.05, 0) is 18.6 Å². The average Bonchev–Trinajstić information content (AvgIpc) is 2.81. The lowest BCUT2D eigenvalue weighted by Crippen LogP contribution is -2.20. The summed E-state index contributed by atoms with van der Waals surface area (Å²) in [6.45, 7) is 3.81. The summed E-state index contributed by atoms with van der Waals surface area (Å²) in [6.07, 6.45) is 3.44. The maximum Gasteiger partial charge on any atom is 0.147 e. The second-order valence-electron chi connectivity index (χ2n) is 4.26. The fourth-order valence-electron chi connectivity index (χ4n) is 1.98. The van der Waals surface area contributed by atoms with Crippen LogP contribution in [0.1, 0.15) is 11.4 Å². The van der Waals surface area contributed by atoms with Crippen LogP contribution in [0.5, 0.6) is 0 Å². The van der Waals surface area contributed by atoms with E-state index in [1.807, 2.05) is 13.0 Å². The molecule has 0 fully saturated rings. The van der Waals surface area contributed by atoms with Crippen molar-refractivity contribution in [2.24, 2.45) is 0 Å². The van der Waals surface area contributed by atoms with E-state index in [1.165, 1.54) is 6.07 Å². The van der Waals surface area contributed by atoms with Crippen LogP contribution in [0.3, 0.4) is 0 Å². The molecule has 2 aromatic rings. The van der Waals surface area contributed by atoms with Crippen molar-refractivity contribution in [3.8, 4) is 5.69 Å². The molecule has 0 aliphatic rings. The van der Waals surface area contributed by atoms with Crippen LogP contribution in [-0.2, 0) is 11.3 Å². The van der Waals surface area contributed by atoms with Crippen LogP contribution in [0.2, 0.25) is 0 Å². The Morgan fingerprint density at radius 2 is 2.26 bits per heavy atom. The summed E-state index contributed by atoms with van der Waals surface area (Å²) in [5.41, 5.74) is 1.46. The summed E-state index contributed by atoms with van der Waals surface area (Å²) in [5.74, 6) is 0.524. The van der Waals surface area contributed by atoms with Crippen molar-refractivity contribution < 1.29 is 9.13 Å². The second-order valence-corrected chi connectivity index (χ2v) is 4.26. The number of imidazole rings is 1. The molecule has 1 aromatic carbocycles. The molecular weight excluding hydrogens is 245 g/mol. The van der Waals surface area contributed by atoms with Gasteiger partial charge in [0.2, 0.25) is 0 Å². The minimum absolute atomic E-state index is 0.243. The zero-order valence-electron chi connectivity index (χ0n) is 11.2. The Balaban J connectivity index is 2.24. The molecule has 0 spiro atoms. The van der Waals surface area contributed by atoms with E-state index in [9.17, 15) is 4.39 Å². The Bertz CT molecular complexity index is 539. The maximum atomic E-state index is 14.1. The van der Waals surface area contributed by atoms with Crippen molar-refractivity contribution in [2.45, 2.75) is 13.5 Å². The molecule has 2 rings (SSSR count). The first kappa shape index (κ1) is 13.7. The van der Waals surface area contributed by atoms with Gasteiger partial charge in [-0.15, -0.1) is 0 Å². The predicted octanol–water partition coefficient (Wildman–Crippen LogP) is 2.06. The largest absolute Gasteiger partial charge is 0.383 e. The van der Waals surface area contributed by atoms with E-state index < -0.39 is 0 Å². The van der Waals surface area contributed by atoms with Gasteiger partial charge >= 0.3 is 0 Å². The van der Waals surface area contributed by atoms with Crippen LogP contribution in [0.15, 0.2) is 30.6 Å². The quantitative estimate of drug-likeness (QED) is 0.811. The molecule has 0 aliphatic carbocycles. The fourth-order valence-corrected chi connectivity index (χ4v) is 1.98. The third-order valence-corrected chi connectivity index (χ3v) is 2.94. The number of nitrogens with one attached hydrogen (secondary N) is 1. The molecule has 0 aliphatic heterocycles. The number of ether oxygens (including phenoxy) is 1. The van der Waals surface area contributed by atoms with Gasteiger partial charge in [-0.25, -0.2) is 9.37 Å². The normalized spacial score (nSPS) is 10.9. The standard InChI is InChI=1S/C14H18FN3O/c1-11-17-6-8-18(11)14-12(4-3-5-13(14)15)10-16-7-9-19-2/h3-6,8,16H,7,9-10H2,1-2H3. The van der Waals surface area contributed by atoms with Crippen LogP contribution < -0.4 is 5.32 Å². The van der Waals surface area contributed by atoms with E-state index >= 15 is 0 Å². The van der Waals surface area contributed by atoms with Gasteiger partial charge in [-0.2, -0.15) is 0 Å². The molecule has 1 heterocycles. The Hall–Kier alpha value is -1.72. The van der Waals surface area contributed by atoms with E-state index in [4.69, 9.17) is 4.74 Å². The first-order valence-corrected chi connectivity index (χ1v) is 6.21. The SMILES string of the molecule is COCCNCc1cccc(F)c1-n1ccnc1C. The predicted molar refractivity (Wildman–Crippen MR) is 71.8 cm³/mol. The molecule has 19 heavy (non-hydrogen) atoms. The van der Waals surface area contributed by atoms with E-state index in [2.05, 4.69) is 10.3 Å². The van der Waals surface area contributed by atoms with Crippen LogP contribution in [0.4, 0.5) is 4.39 Å². The molecule has 0 unspecified atom stereocenters. The van der Waals surface area contributed by atoms with E-state index in [0.29, 0.717) is 18.8 Å². The summed E-state index contributed by atoms with van der Waals surface area (Å²) in [5, 5.41) is 3.23. The van der Waals surface area contributed by atoms with Gasteiger partial charge in [0, 0.05) is 32.6 Å². The highest BCUT2D eigenvalue weighted by atomic mass is 19.1. The number of nitrogens with zero attached hydrogens (tertiary/aromatic N) is 2. The highest BCUT2D eigenvalue weighted by molar-refractivity contribution is 5.43. The first-order valence-electron chi connectivity index (χ1n) is 6.21. The number of aromatic nitrogens is 2. The van der Waals surface area contributed by atoms with Crippen LogP contribution in [-0.4, -0.2) is 29.8 Å². The van der Waals surface area contributed by atoms with E-state index in [0.717, 1.165) is 17.9 Å².